The molecule has 4 nitrogen and oxygen atoms in total. The minimum atomic E-state index is 0.115. The number of aromatic nitrogens is 1. The van der Waals surface area contributed by atoms with Crippen LogP contribution in [0.2, 0.25) is 5.15 Å². The summed E-state index contributed by atoms with van der Waals surface area (Å²) >= 11 is 5.98. The number of rotatable bonds is 2. The molecular formula is C19H20ClN3O. The first-order valence-electron chi connectivity index (χ1n) is 8.48. The summed E-state index contributed by atoms with van der Waals surface area (Å²) in [6, 6.07) is 12.1. The number of para-hydroxylation sites is 1. The van der Waals surface area contributed by atoms with Crippen molar-refractivity contribution in [3.8, 4) is 0 Å². The number of hydrogen-bond acceptors (Lipinski definition) is 3. The number of halogens is 1. The summed E-state index contributed by atoms with van der Waals surface area (Å²) in [6.07, 6.45) is 4.47. The smallest absolute Gasteiger partial charge is 0.230 e. The molecule has 0 bridgehead atoms. The minimum absolute atomic E-state index is 0.115. The predicted molar refractivity (Wildman–Crippen MR) is 96.7 cm³/mol. The van der Waals surface area contributed by atoms with Crippen molar-refractivity contribution in [3.05, 3.63) is 53.3 Å². The van der Waals surface area contributed by atoms with Crippen LogP contribution in [0.25, 0.3) is 0 Å². The van der Waals surface area contributed by atoms with Crippen molar-refractivity contribution in [2.45, 2.75) is 19.3 Å². The molecular weight excluding hydrogens is 322 g/mol. The number of hydrogen-bond donors (Lipinski definition) is 0. The summed E-state index contributed by atoms with van der Waals surface area (Å²) < 4.78 is 0. The highest BCUT2D eigenvalue weighted by Gasteiger charge is 2.32. The molecule has 2 aliphatic heterocycles. The van der Waals surface area contributed by atoms with Crippen molar-refractivity contribution in [3.63, 3.8) is 0 Å². The maximum Gasteiger partial charge on any atom is 0.230 e. The molecule has 0 unspecified atom stereocenters. The number of amides is 1. The van der Waals surface area contributed by atoms with Gasteiger partial charge in [-0.2, -0.15) is 0 Å². The molecule has 1 aromatic carbocycles. The molecule has 0 radical (unpaired) electrons. The second-order valence-corrected chi connectivity index (χ2v) is 6.85. The van der Waals surface area contributed by atoms with Gasteiger partial charge in [0, 0.05) is 43.1 Å². The van der Waals surface area contributed by atoms with Gasteiger partial charge in [-0.1, -0.05) is 29.8 Å². The van der Waals surface area contributed by atoms with E-state index in [9.17, 15) is 4.79 Å². The van der Waals surface area contributed by atoms with Crippen LogP contribution in [-0.4, -0.2) is 30.5 Å². The van der Waals surface area contributed by atoms with Crippen molar-refractivity contribution in [1.29, 1.82) is 0 Å². The lowest BCUT2D eigenvalue weighted by Gasteiger charge is -2.34. The Bertz CT molecular complexity index is 756. The van der Waals surface area contributed by atoms with E-state index in [4.69, 9.17) is 11.6 Å². The van der Waals surface area contributed by atoms with Gasteiger partial charge in [0.25, 0.3) is 0 Å². The van der Waals surface area contributed by atoms with Crippen LogP contribution >= 0.6 is 11.6 Å². The molecule has 0 atom stereocenters. The normalized spacial score (nSPS) is 17.9. The summed E-state index contributed by atoms with van der Waals surface area (Å²) in [5.74, 6) is 0.400. The highest BCUT2D eigenvalue weighted by molar-refractivity contribution is 6.29. The lowest BCUT2D eigenvalue weighted by Crippen LogP contribution is -2.42. The summed E-state index contributed by atoms with van der Waals surface area (Å²) in [5, 5.41) is 0.513. The Labute approximate surface area is 147 Å². The topological polar surface area (TPSA) is 36.4 Å². The van der Waals surface area contributed by atoms with Gasteiger partial charge >= 0.3 is 0 Å². The number of nitrogens with zero attached hydrogens (tertiary/aromatic N) is 3. The van der Waals surface area contributed by atoms with Crippen molar-refractivity contribution < 1.29 is 4.79 Å². The predicted octanol–water partition coefficient (Wildman–Crippen LogP) is 3.54. The number of pyridine rings is 1. The van der Waals surface area contributed by atoms with Crippen molar-refractivity contribution in [1.82, 2.24) is 4.98 Å². The summed E-state index contributed by atoms with van der Waals surface area (Å²) in [6.45, 7) is 2.58. The van der Waals surface area contributed by atoms with Gasteiger partial charge in [0.2, 0.25) is 5.91 Å². The number of carbonyl (C=O) groups excluding carboxylic acids is 1. The molecule has 2 aromatic rings. The second kappa shape index (κ2) is 6.44. The van der Waals surface area contributed by atoms with Gasteiger partial charge in [0.15, 0.2) is 0 Å². The molecule has 2 aliphatic rings. The fourth-order valence-corrected chi connectivity index (χ4v) is 3.93. The Morgan fingerprint density at radius 3 is 2.71 bits per heavy atom. The van der Waals surface area contributed by atoms with E-state index in [1.54, 1.807) is 6.20 Å². The standard InChI is InChI=1S/C19H20ClN3O/c20-18-13-16(5-9-21-18)22-10-6-15(7-11-22)19(24)23-12-8-14-3-1-2-4-17(14)23/h1-5,9,13,15H,6-8,10-12H2. The van der Waals surface area contributed by atoms with E-state index in [1.165, 1.54) is 5.56 Å². The first kappa shape index (κ1) is 15.5. The Hall–Kier alpha value is -2.07. The lowest BCUT2D eigenvalue weighted by atomic mass is 9.95. The van der Waals surface area contributed by atoms with Gasteiger partial charge in [-0.15, -0.1) is 0 Å². The molecule has 0 N–H and O–H groups in total. The van der Waals surface area contributed by atoms with Gasteiger partial charge in [-0.3, -0.25) is 4.79 Å². The van der Waals surface area contributed by atoms with Crippen LogP contribution in [0.15, 0.2) is 42.6 Å². The van der Waals surface area contributed by atoms with Crippen LogP contribution in [0.3, 0.4) is 0 Å². The fourth-order valence-electron chi connectivity index (χ4n) is 3.76. The molecule has 1 amide bonds. The average Bonchev–Trinajstić information content (AvgIpc) is 3.05. The molecule has 0 saturated carbocycles. The maximum atomic E-state index is 12.9. The van der Waals surface area contributed by atoms with Crippen molar-refractivity contribution >= 4 is 28.9 Å². The first-order valence-corrected chi connectivity index (χ1v) is 8.86. The number of carbonyl (C=O) groups is 1. The van der Waals surface area contributed by atoms with E-state index < -0.39 is 0 Å². The Balaban J connectivity index is 1.42. The summed E-state index contributed by atoms with van der Waals surface area (Å²) in [5.41, 5.74) is 3.48. The van der Waals surface area contributed by atoms with Gasteiger partial charge in [0.1, 0.15) is 5.15 Å². The van der Waals surface area contributed by atoms with E-state index in [0.717, 1.165) is 50.3 Å². The molecule has 124 valence electrons. The van der Waals surface area contributed by atoms with Crippen LogP contribution < -0.4 is 9.80 Å². The van der Waals surface area contributed by atoms with E-state index in [2.05, 4.69) is 22.0 Å². The van der Waals surface area contributed by atoms with Gasteiger partial charge in [0.05, 0.1) is 0 Å². The molecule has 1 fully saturated rings. The van der Waals surface area contributed by atoms with E-state index in [1.807, 2.05) is 29.2 Å². The van der Waals surface area contributed by atoms with Crippen LogP contribution in [0, 0.1) is 5.92 Å². The first-order chi connectivity index (χ1) is 11.7. The highest BCUT2D eigenvalue weighted by atomic mass is 35.5. The zero-order valence-corrected chi connectivity index (χ0v) is 14.2. The molecule has 0 spiro atoms. The third-order valence-corrected chi connectivity index (χ3v) is 5.28. The number of fused-ring (bicyclic) bond motifs is 1. The summed E-state index contributed by atoms with van der Waals surface area (Å²) in [4.78, 5) is 21.2. The third-order valence-electron chi connectivity index (χ3n) is 5.07. The van der Waals surface area contributed by atoms with Crippen LogP contribution in [0.5, 0.6) is 0 Å². The van der Waals surface area contributed by atoms with Crippen LogP contribution in [0.4, 0.5) is 11.4 Å². The van der Waals surface area contributed by atoms with E-state index in [-0.39, 0.29) is 11.8 Å². The maximum absolute atomic E-state index is 12.9. The number of piperidine rings is 1. The molecule has 4 rings (SSSR count). The van der Waals surface area contributed by atoms with Gasteiger partial charge < -0.3 is 9.80 Å². The Kier molecular flexibility index (Phi) is 4.15. The minimum Gasteiger partial charge on any atom is -0.371 e. The van der Waals surface area contributed by atoms with Crippen LogP contribution in [0.1, 0.15) is 18.4 Å². The zero-order valence-electron chi connectivity index (χ0n) is 13.5. The Morgan fingerprint density at radius 2 is 1.92 bits per heavy atom. The SMILES string of the molecule is O=C(C1CCN(c2ccnc(Cl)c2)CC1)N1CCc2ccccc21. The lowest BCUT2D eigenvalue weighted by molar-refractivity contribution is -0.122. The van der Waals surface area contributed by atoms with Crippen molar-refractivity contribution in [2.24, 2.45) is 5.92 Å². The number of benzene rings is 1. The highest BCUT2D eigenvalue weighted by Crippen LogP contribution is 2.32. The Morgan fingerprint density at radius 1 is 1.12 bits per heavy atom. The zero-order chi connectivity index (χ0) is 16.5. The average molecular weight is 342 g/mol. The monoisotopic (exact) mass is 341 g/mol. The largest absolute Gasteiger partial charge is 0.371 e. The van der Waals surface area contributed by atoms with Crippen molar-refractivity contribution in [2.75, 3.05) is 29.4 Å². The molecule has 1 saturated heterocycles. The van der Waals surface area contributed by atoms with E-state index in [0.29, 0.717) is 5.15 Å². The van der Waals surface area contributed by atoms with Crippen LogP contribution in [-0.2, 0) is 11.2 Å². The second-order valence-electron chi connectivity index (χ2n) is 6.47. The molecule has 1 aromatic heterocycles. The molecule has 24 heavy (non-hydrogen) atoms. The van der Waals surface area contributed by atoms with Gasteiger partial charge in [-0.05, 0) is 43.0 Å². The fraction of sp³-hybridized carbons (Fsp3) is 0.368. The molecule has 5 heteroatoms. The quantitative estimate of drug-likeness (QED) is 0.784. The van der Waals surface area contributed by atoms with E-state index >= 15 is 0 Å². The number of anilines is 2. The molecule has 0 aliphatic carbocycles. The molecule has 3 heterocycles. The third kappa shape index (κ3) is 2.86. The van der Waals surface area contributed by atoms with Gasteiger partial charge in [-0.25, -0.2) is 4.98 Å². The summed E-state index contributed by atoms with van der Waals surface area (Å²) in [7, 11) is 0.